The summed E-state index contributed by atoms with van der Waals surface area (Å²) >= 11 is 0. The highest BCUT2D eigenvalue weighted by molar-refractivity contribution is 5.02. The second-order valence-electron chi connectivity index (χ2n) is 3.00. The lowest BCUT2D eigenvalue weighted by Crippen LogP contribution is -2.18. The highest BCUT2D eigenvalue weighted by Gasteiger charge is 2.00. The zero-order valence-corrected chi connectivity index (χ0v) is 8.06. The van der Waals surface area contributed by atoms with Gasteiger partial charge in [0.15, 0.2) is 0 Å². The first kappa shape index (κ1) is 10.7. The molecule has 0 bridgehead atoms. The molecule has 0 rings (SSSR count). The molecule has 1 atom stereocenters. The van der Waals surface area contributed by atoms with Gasteiger partial charge in [-0.25, -0.2) is 0 Å². The minimum atomic E-state index is 0.368. The molecule has 0 aliphatic rings. The normalized spacial score (nSPS) is 15.1. The van der Waals surface area contributed by atoms with Crippen molar-refractivity contribution in [2.75, 3.05) is 0 Å². The Kier molecular flexibility index (Phi) is 6.24. The minimum absolute atomic E-state index is 0.368. The van der Waals surface area contributed by atoms with Gasteiger partial charge in [0, 0.05) is 6.04 Å². The molecule has 0 aliphatic carbocycles. The molecule has 0 aromatic carbocycles. The lowest BCUT2D eigenvalue weighted by Gasteiger charge is -2.10. The Morgan fingerprint density at radius 3 is 2.36 bits per heavy atom. The van der Waals surface area contributed by atoms with E-state index in [0.29, 0.717) is 6.04 Å². The molecule has 66 valence electrons. The Hall–Kier alpha value is -0.300. The van der Waals surface area contributed by atoms with E-state index in [1.165, 1.54) is 5.57 Å². The van der Waals surface area contributed by atoms with Crippen molar-refractivity contribution in [3.8, 4) is 0 Å². The van der Waals surface area contributed by atoms with Crippen LogP contribution in [0.1, 0.15) is 46.5 Å². The van der Waals surface area contributed by atoms with Gasteiger partial charge in [0.2, 0.25) is 0 Å². The van der Waals surface area contributed by atoms with Crippen molar-refractivity contribution in [1.82, 2.24) is 0 Å². The van der Waals surface area contributed by atoms with Crippen LogP contribution in [0.25, 0.3) is 0 Å². The summed E-state index contributed by atoms with van der Waals surface area (Å²) in [6.45, 7) is 6.51. The molecule has 0 radical (unpaired) electrons. The van der Waals surface area contributed by atoms with Crippen LogP contribution in [0.3, 0.4) is 0 Å². The van der Waals surface area contributed by atoms with E-state index in [0.717, 1.165) is 25.7 Å². The van der Waals surface area contributed by atoms with Crippen LogP contribution in [-0.2, 0) is 0 Å². The van der Waals surface area contributed by atoms with E-state index in [9.17, 15) is 0 Å². The van der Waals surface area contributed by atoms with Gasteiger partial charge in [0.05, 0.1) is 0 Å². The minimum Gasteiger partial charge on any atom is -0.327 e. The Balaban J connectivity index is 3.77. The first-order valence-electron chi connectivity index (χ1n) is 4.68. The van der Waals surface area contributed by atoms with Crippen molar-refractivity contribution in [1.29, 1.82) is 0 Å². The van der Waals surface area contributed by atoms with Crippen LogP contribution < -0.4 is 5.73 Å². The molecule has 0 amide bonds. The highest BCUT2D eigenvalue weighted by Crippen LogP contribution is 2.10. The standard InChI is InChI=1S/C10H21N/c1-4-7-9(5-2)8-10(11)6-3/h7,10H,4-6,8,11H2,1-3H3/b9-7+/t10-/m1/s1. The zero-order chi connectivity index (χ0) is 8.69. The quantitative estimate of drug-likeness (QED) is 0.607. The van der Waals surface area contributed by atoms with Crippen LogP contribution in [-0.4, -0.2) is 6.04 Å². The van der Waals surface area contributed by atoms with Gasteiger partial charge in [-0.15, -0.1) is 0 Å². The Morgan fingerprint density at radius 1 is 1.36 bits per heavy atom. The number of allylic oxidation sites excluding steroid dienone is 1. The monoisotopic (exact) mass is 155 g/mol. The highest BCUT2D eigenvalue weighted by atomic mass is 14.6. The van der Waals surface area contributed by atoms with Gasteiger partial charge in [0.25, 0.3) is 0 Å². The van der Waals surface area contributed by atoms with E-state index in [-0.39, 0.29) is 0 Å². The summed E-state index contributed by atoms with van der Waals surface area (Å²) in [5.41, 5.74) is 7.35. The molecular formula is C10H21N. The van der Waals surface area contributed by atoms with Crippen LogP contribution in [0.15, 0.2) is 11.6 Å². The van der Waals surface area contributed by atoms with Gasteiger partial charge in [-0.05, 0) is 25.7 Å². The predicted octanol–water partition coefficient (Wildman–Crippen LogP) is 2.86. The summed E-state index contributed by atoms with van der Waals surface area (Å²) in [5.74, 6) is 0. The van der Waals surface area contributed by atoms with Crippen molar-refractivity contribution in [3.63, 3.8) is 0 Å². The van der Waals surface area contributed by atoms with Gasteiger partial charge < -0.3 is 5.73 Å². The maximum atomic E-state index is 5.84. The van der Waals surface area contributed by atoms with E-state index in [1.807, 2.05) is 0 Å². The molecule has 0 aromatic rings. The van der Waals surface area contributed by atoms with Crippen LogP contribution in [0.2, 0.25) is 0 Å². The Bertz CT molecular complexity index is 116. The summed E-state index contributed by atoms with van der Waals surface area (Å²) < 4.78 is 0. The maximum Gasteiger partial charge on any atom is 0.00734 e. The summed E-state index contributed by atoms with van der Waals surface area (Å²) in [4.78, 5) is 0. The molecule has 1 heteroatoms. The lowest BCUT2D eigenvalue weighted by atomic mass is 10.0. The maximum absolute atomic E-state index is 5.84. The molecule has 0 spiro atoms. The van der Waals surface area contributed by atoms with E-state index < -0.39 is 0 Å². The summed E-state index contributed by atoms with van der Waals surface area (Å²) in [6, 6.07) is 0.368. The van der Waals surface area contributed by atoms with Crippen LogP contribution in [0.4, 0.5) is 0 Å². The molecule has 0 aliphatic heterocycles. The Labute approximate surface area is 70.7 Å². The molecule has 1 nitrogen and oxygen atoms in total. The van der Waals surface area contributed by atoms with Crippen molar-refractivity contribution in [2.24, 2.45) is 5.73 Å². The second-order valence-corrected chi connectivity index (χ2v) is 3.00. The largest absolute Gasteiger partial charge is 0.327 e. The van der Waals surface area contributed by atoms with E-state index in [4.69, 9.17) is 5.73 Å². The topological polar surface area (TPSA) is 26.0 Å². The summed E-state index contributed by atoms with van der Waals surface area (Å²) in [5, 5.41) is 0. The van der Waals surface area contributed by atoms with Crippen LogP contribution in [0, 0.1) is 0 Å². The summed E-state index contributed by atoms with van der Waals surface area (Å²) in [6.07, 6.45) is 6.76. The van der Waals surface area contributed by atoms with E-state index >= 15 is 0 Å². The first-order chi connectivity index (χ1) is 5.24. The van der Waals surface area contributed by atoms with Crippen molar-refractivity contribution < 1.29 is 0 Å². The molecule has 11 heavy (non-hydrogen) atoms. The molecule has 0 saturated carbocycles. The second kappa shape index (κ2) is 6.41. The van der Waals surface area contributed by atoms with Crippen molar-refractivity contribution in [3.05, 3.63) is 11.6 Å². The van der Waals surface area contributed by atoms with Gasteiger partial charge in [-0.2, -0.15) is 0 Å². The Morgan fingerprint density at radius 2 is 2.00 bits per heavy atom. The predicted molar refractivity (Wildman–Crippen MR) is 51.5 cm³/mol. The molecule has 0 saturated heterocycles. The van der Waals surface area contributed by atoms with E-state index in [1.54, 1.807) is 0 Å². The van der Waals surface area contributed by atoms with Crippen LogP contribution in [0.5, 0.6) is 0 Å². The summed E-state index contributed by atoms with van der Waals surface area (Å²) in [7, 11) is 0. The van der Waals surface area contributed by atoms with Crippen LogP contribution >= 0.6 is 0 Å². The molecule has 0 unspecified atom stereocenters. The average molecular weight is 155 g/mol. The SMILES string of the molecule is CC/C=C(\CC)C[C@H](N)CC. The van der Waals surface area contributed by atoms with E-state index in [2.05, 4.69) is 26.8 Å². The number of hydrogen-bond acceptors (Lipinski definition) is 1. The van der Waals surface area contributed by atoms with Crippen molar-refractivity contribution >= 4 is 0 Å². The average Bonchev–Trinajstić information content (AvgIpc) is 2.03. The molecule has 0 aromatic heterocycles. The van der Waals surface area contributed by atoms with Gasteiger partial charge in [0.1, 0.15) is 0 Å². The fraction of sp³-hybridized carbons (Fsp3) is 0.800. The lowest BCUT2D eigenvalue weighted by molar-refractivity contribution is 0.631. The molecule has 0 heterocycles. The van der Waals surface area contributed by atoms with Gasteiger partial charge in [-0.1, -0.05) is 32.4 Å². The first-order valence-corrected chi connectivity index (χ1v) is 4.68. The number of nitrogens with two attached hydrogens (primary N) is 1. The third kappa shape index (κ3) is 5.02. The van der Waals surface area contributed by atoms with Gasteiger partial charge in [-0.3, -0.25) is 0 Å². The fourth-order valence-corrected chi connectivity index (χ4v) is 1.14. The number of hydrogen-bond donors (Lipinski definition) is 1. The number of rotatable bonds is 5. The fourth-order valence-electron chi connectivity index (χ4n) is 1.14. The van der Waals surface area contributed by atoms with Gasteiger partial charge >= 0.3 is 0 Å². The molecule has 2 N–H and O–H groups in total. The smallest absolute Gasteiger partial charge is 0.00734 e. The third-order valence-electron chi connectivity index (χ3n) is 2.00. The molecule has 0 fully saturated rings. The van der Waals surface area contributed by atoms with Crippen molar-refractivity contribution in [2.45, 2.75) is 52.5 Å². The molecular weight excluding hydrogens is 134 g/mol. The third-order valence-corrected chi connectivity index (χ3v) is 2.00. The zero-order valence-electron chi connectivity index (χ0n) is 8.06.